The average Bonchev–Trinajstić information content (AvgIpc) is 3.72. The monoisotopic (exact) mass is 727 g/mol. The first-order valence-electron chi connectivity index (χ1n) is 17.3. The summed E-state index contributed by atoms with van der Waals surface area (Å²) < 4.78 is 8.72. The van der Waals surface area contributed by atoms with Gasteiger partial charge in [0.2, 0.25) is 5.91 Å². The van der Waals surface area contributed by atoms with Gasteiger partial charge in [0.25, 0.3) is 5.91 Å². The number of primary amides is 1. The van der Waals surface area contributed by atoms with E-state index in [1.54, 1.807) is 40.1 Å². The molecule has 0 fully saturated rings. The van der Waals surface area contributed by atoms with Gasteiger partial charge < -0.3 is 25.0 Å². The van der Waals surface area contributed by atoms with E-state index in [-0.39, 0.29) is 24.3 Å². The predicted octanol–water partition coefficient (Wildman–Crippen LogP) is 5.94. The van der Waals surface area contributed by atoms with Gasteiger partial charge in [-0.3, -0.25) is 24.4 Å². The first kappa shape index (κ1) is 37.0. The Kier molecular flexibility index (Phi) is 10.3. The molecule has 54 heavy (non-hydrogen) atoms. The predicted molar refractivity (Wildman–Crippen MR) is 203 cm³/mol. The van der Waals surface area contributed by atoms with Crippen LogP contribution in [0.25, 0.3) is 10.9 Å². The number of carbonyl (C=O) groups excluding carboxylic acids is 3. The fourth-order valence-corrected chi connectivity index (χ4v) is 6.79. The van der Waals surface area contributed by atoms with Crippen LogP contribution in [0.3, 0.4) is 0 Å². The Morgan fingerprint density at radius 1 is 0.852 bits per heavy atom. The van der Waals surface area contributed by atoms with Crippen molar-refractivity contribution in [1.82, 2.24) is 24.2 Å². The Balaban J connectivity index is 1.34. The fraction of sp³-hybridized carbons (Fsp3) is 0.220. The molecule has 0 saturated heterocycles. The second-order valence-electron chi connectivity index (χ2n) is 13.8. The molecular weight excluding hydrogens is 686 g/mol. The molecular formula is C41H41N7O6. The van der Waals surface area contributed by atoms with Gasteiger partial charge in [-0.15, -0.1) is 0 Å². The van der Waals surface area contributed by atoms with Crippen LogP contribution in [-0.2, 0) is 33.0 Å². The van der Waals surface area contributed by atoms with Crippen LogP contribution in [-0.4, -0.2) is 65.4 Å². The summed E-state index contributed by atoms with van der Waals surface area (Å²) in [6.07, 6.45) is 2.76. The number of fused-ring (bicyclic) bond motifs is 1. The number of ether oxygens (including phenoxy) is 1. The van der Waals surface area contributed by atoms with E-state index in [2.05, 4.69) is 46.8 Å². The van der Waals surface area contributed by atoms with E-state index in [0.717, 1.165) is 16.7 Å². The molecule has 0 aliphatic rings. The molecule has 0 aliphatic carbocycles. The molecule has 13 nitrogen and oxygen atoms in total. The highest BCUT2D eigenvalue weighted by molar-refractivity contribution is 6.13. The molecule has 4 N–H and O–H groups in total. The topological polar surface area (TPSA) is 175 Å². The molecule has 0 bridgehead atoms. The first-order valence-corrected chi connectivity index (χ1v) is 17.3. The number of nitrogens with one attached hydrogen (secondary N) is 1. The number of amides is 3. The number of carbonyl (C=O) groups is 4. The minimum absolute atomic E-state index is 0.00113. The summed E-state index contributed by atoms with van der Waals surface area (Å²) >= 11 is 0. The lowest BCUT2D eigenvalue weighted by molar-refractivity contribution is -0.145. The van der Waals surface area contributed by atoms with Crippen molar-refractivity contribution in [3.8, 4) is 0 Å². The summed E-state index contributed by atoms with van der Waals surface area (Å²) in [6, 6.07) is 33.1. The Morgan fingerprint density at radius 3 is 1.91 bits per heavy atom. The molecule has 0 radical (unpaired) electrons. The second-order valence-corrected chi connectivity index (χ2v) is 13.8. The maximum atomic E-state index is 13.9. The molecule has 0 spiro atoms. The number of imidazole rings is 1. The van der Waals surface area contributed by atoms with Gasteiger partial charge in [-0.05, 0) is 56.5 Å². The molecule has 0 unspecified atom stereocenters. The van der Waals surface area contributed by atoms with Crippen LogP contribution in [0.4, 0.5) is 10.5 Å². The van der Waals surface area contributed by atoms with Crippen molar-refractivity contribution in [3.63, 3.8) is 0 Å². The van der Waals surface area contributed by atoms with Crippen molar-refractivity contribution < 1.29 is 29.0 Å². The van der Waals surface area contributed by atoms with E-state index in [0.29, 0.717) is 22.3 Å². The Morgan fingerprint density at radius 2 is 1.41 bits per heavy atom. The highest BCUT2D eigenvalue weighted by atomic mass is 16.6. The molecule has 6 aromatic rings. The molecule has 6 rings (SSSR count). The van der Waals surface area contributed by atoms with Gasteiger partial charge in [0, 0.05) is 11.6 Å². The largest absolute Gasteiger partial charge is 0.480 e. The van der Waals surface area contributed by atoms with Crippen molar-refractivity contribution in [2.75, 3.05) is 11.9 Å². The van der Waals surface area contributed by atoms with Gasteiger partial charge >= 0.3 is 12.1 Å². The van der Waals surface area contributed by atoms with Crippen molar-refractivity contribution >= 4 is 40.5 Å². The number of carboxylic acids is 1. The van der Waals surface area contributed by atoms with Gasteiger partial charge in [-0.25, -0.2) is 9.78 Å². The third-order valence-corrected chi connectivity index (χ3v) is 8.89. The third-order valence-electron chi connectivity index (χ3n) is 8.89. The van der Waals surface area contributed by atoms with Gasteiger partial charge in [-0.2, -0.15) is 5.10 Å². The van der Waals surface area contributed by atoms with Crippen LogP contribution in [0.1, 0.15) is 59.2 Å². The molecule has 3 amide bonds. The van der Waals surface area contributed by atoms with Crippen molar-refractivity contribution in [2.45, 2.75) is 51.9 Å². The maximum Gasteiger partial charge on any atom is 0.412 e. The fourth-order valence-electron chi connectivity index (χ4n) is 6.79. The van der Waals surface area contributed by atoms with Gasteiger partial charge in [0.1, 0.15) is 24.2 Å². The Labute approximate surface area is 312 Å². The number of carboxylic acid groups (broad SMARTS) is 1. The summed E-state index contributed by atoms with van der Waals surface area (Å²) in [5.41, 5.74) is 8.44. The van der Waals surface area contributed by atoms with Crippen LogP contribution in [0.2, 0.25) is 0 Å². The number of anilines is 1. The van der Waals surface area contributed by atoms with E-state index >= 15 is 0 Å². The number of hydrogen-bond acceptors (Lipinski definition) is 7. The van der Waals surface area contributed by atoms with Crippen molar-refractivity contribution in [1.29, 1.82) is 0 Å². The molecule has 2 aromatic heterocycles. The first-order chi connectivity index (χ1) is 25.8. The van der Waals surface area contributed by atoms with Crippen LogP contribution < -0.4 is 11.1 Å². The number of benzene rings is 4. The minimum Gasteiger partial charge on any atom is -0.480 e. The SMILES string of the molecule is Cc1nn(CC(=O)N(CC(=O)O)Cc2cn(C(c3ccccc3)(c3ccccc3)c3ccccc3)cn2)c2ccc(NC(=O)OC(C)(C)C)c(C(N)=O)c12. The smallest absolute Gasteiger partial charge is 0.412 e. The van der Waals surface area contributed by atoms with Crippen LogP contribution in [0, 0.1) is 6.92 Å². The quantitative estimate of drug-likeness (QED) is 0.130. The van der Waals surface area contributed by atoms with Crippen LogP contribution in [0.15, 0.2) is 116 Å². The molecule has 2 heterocycles. The van der Waals surface area contributed by atoms with Gasteiger partial charge in [-0.1, -0.05) is 91.0 Å². The third kappa shape index (κ3) is 7.56. The summed E-state index contributed by atoms with van der Waals surface area (Å²) in [6.45, 7) is 5.72. The normalized spacial score (nSPS) is 11.6. The number of aryl methyl sites for hydroxylation is 1. The lowest BCUT2D eigenvalue weighted by Gasteiger charge is -2.37. The molecule has 0 atom stereocenters. The van der Waals surface area contributed by atoms with E-state index in [1.807, 2.05) is 65.4 Å². The van der Waals surface area contributed by atoms with E-state index in [4.69, 9.17) is 15.5 Å². The van der Waals surface area contributed by atoms with Crippen molar-refractivity contribution in [3.05, 3.63) is 149 Å². The molecule has 4 aromatic carbocycles. The Hall–Kier alpha value is -6.76. The van der Waals surface area contributed by atoms with E-state index < -0.39 is 41.6 Å². The number of nitrogens with zero attached hydrogens (tertiary/aromatic N) is 5. The van der Waals surface area contributed by atoms with E-state index in [1.165, 1.54) is 15.6 Å². The van der Waals surface area contributed by atoms with Crippen LogP contribution >= 0.6 is 0 Å². The number of hydrogen-bond donors (Lipinski definition) is 3. The number of aliphatic carboxylic acids is 1. The van der Waals surface area contributed by atoms with E-state index in [9.17, 15) is 24.3 Å². The number of aromatic nitrogens is 4. The zero-order valence-corrected chi connectivity index (χ0v) is 30.4. The number of rotatable bonds is 12. The summed E-state index contributed by atoms with van der Waals surface area (Å²) in [4.78, 5) is 57.2. The summed E-state index contributed by atoms with van der Waals surface area (Å²) in [7, 11) is 0. The molecule has 276 valence electrons. The standard InChI is InChI=1S/C41H41N7O6/c1-27-36-33(21-20-32(37(36)38(42)52)44-39(53)54-40(2,3)4)48(45-27)24-34(49)46(25-35(50)51)22-31-23-47(26-43-31)41(28-14-8-5-9-15-28,29-16-10-6-11-17-29)30-18-12-7-13-19-30/h5-21,23,26H,22,24-25H2,1-4H3,(H2,42,52)(H,44,53)(H,50,51). The Bertz CT molecular complexity index is 2220. The zero-order valence-electron chi connectivity index (χ0n) is 30.4. The molecule has 0 aliphatic heterocycles. The highest BCUT2D eigenvalue weighted by Crippen LogP contribution is 2.41. The van der Waals surface area contributed by atoms with Crippen molar-refractivity contribution in [2.24, 2.45) is 5.73 Å². The average molecular weight is 728 g/mol. The highest BCUT2D eigenvalue weighted by Gasteiger charge is 2.38. The maximum absolute atomic E-state index is 13.9. The lowest BCUT2D eigenvalue weighted by Crippen LogP contribution is -2.38. The summed E-state index contributed by atoms with van der Waals surface area (Å²) in [5, 5.41) is 17.3. The van der Waals surface area contributed by atoms with Gasteiger partial charge in [0.15, 0.2) is 0 Å². The minimum atomic E-state index is -1.20. The number of nitrogens with two attached hydrogens (primary N) is 1. The summed E-state index contributed by atoms with van der Waals surface area (Å²) in [5.74, 6) is -2.57. The molecule has 0 saturated carbocycles. The van der Waals surface area contributed by atoms with Crippen LogP contribution in [0.5, 0.6) is 0 Å². The zero-order chi connectivity index (χ0) is 38.6. The lowest BCUT2D eigenvalue weighted by atomic mass is 9.77. The second kappa shape index (κ2) is 15.1. The molecule has 13 heteroatoms. The van der Waals surface area contributed by atoms with Gasteiger partial charge in [0.05, 0.1) is 41.0 Å².